The SMILES string of the molecule is C#CCN1c2ccccc2N=C(c2ccc(C(=O)O)cc2)c2cc3c(cc21)C(C)(C)CCC3(C)C. The van der Waals surface area contributed by atoms with Crippen LogP contribution in [0.4, 0.5) is 17.1 Å². The molecule has 0 saturated heterocycles. The summed E-state index contributed by atoms with van der Waals surface area (Å²) in [5.74, 6) is 1.91. The highest BCUT2D eigenvalue weighted by atomic mass is 16.4. The molecule has 2 aliphatic rings. The maximum Gasteiger partial charge on any atom is 0.335 e. The van der Waals surface area contributed by atoms with Crippen LogP contribution in [0.25, 0.3) is 0 Å². The van der Waals surface area contributed by atoms with Crippen LogP contribution in [0.3, 0.4) is 0 Å². The number of carboxylic acids is 1. The number of fused-ring (bicyclic) bond motifs is 3. The van der Waals surface area contributed by atoms with Crippen molar-refractivity contribution in [3.8, 4) is 12.3 Å². The van der Waals surface area contributed by atoms with E-state index < -0.39 is 5.97 Å². The van der Waals surface area contributed by atoms with Gasteiger partial charge in [0, 0.05) is 11.1 Å². The molecule has 176 valence electrons. The van der Waals surface area contributed by atoms with Gasteiger partial charge in [-0.25, -0.2) is 9.79 Å². The fraction of sp³-hybridized carbons (Fsp3) is 0.290. The van der Waals surface area contributed by atoms with Crippen LogP contribution >= 0.6 is 0 Å². The number of aliphatic imine (C=N–C) groups is 1. The molecule has 3 aromatic rings. The normalized spacial score (nSPS) is 17.2. The molecule has 0 amide bonds. The van der Waals surface area contributed by atoms with Crippen LogP contribution in [0.1, 0.15) is 73.1 Å². The summed E-state index contributed by atoms with van der Waals surface area (Å²) in [6.45, 7) is 9.70. The van der Waals surface area contributed by atoms with E-state index in [4.69, 9.17) is 11.4 Å². The van der Waals surface area contributed by atoms with Gasteiger partial charge in [0.15, 0.2) is 0 Å². The lowest BCUT2D eigenvalue weighted by molar-refractivity contribution is 0.0697. The van der Waals surface area contributed by atoms with Gasteiger partial charge in [-0.05, 0) is 71.2 Å². The summed E-state index contributed by atoms with van der Waals surface area (Å²) in [5, 5.41) is 9.40. The Morgan fingerprint density at radius 2 is 1.60 bits per heavy atom. The molecule has 5 rings (SSSR count). The van der Waals surface area contributed by atoms with Crippen molar-refractivity contribution < 1.29 is 9.90 Å². The molecule has 0 fully saturated rings. The molecule has 0 unspecified atom stereocenters. The smallest absolute Gasteiger partial charge is 0.335 e. The summed E-state index contributed by atoms with van der Waals surface area (Å²) in [6.07, 6.45) is 8.10. The fourth-order valence-corrected chi connectivity index (χ4v) is 5.37. The summed E-state index contributed by atoms with van der Waals surface area (Å²) < 4.78 is 0. The first-order chi connectivity index (χ1) is 16.6. The van der Waals surface area contributed by atoms with Crippen molar-refractivity contribution in [3.05, 3.63) is 88.5 Å². The third-order valence-electron chi connectivity index (χ3n) is 7.57. The van der Waals surface area contributed by atoms with Gasteiger partial charge in [0.1, 0.15) is 0 Å². The van der Waals surface area contributed by atoms with Crippen molar-refractivity contribution in [1.29, 1.82) is 0 Å². The Morgan fingerprint density at radius 1 is 0.971 bits per heavy atom. The number of aromatic carboxylic acids is 1. The van der Waals surface area contributed by atoms with Gasteiger partial charge in [0.05, 0.1) is 34.9 Å². The highest BCUT2D eigenvalue weighted by Crippen LogP contribution is 2.50. The second kappa shape index (κ2) is 8.13. The number of terminal acetylenes is 1. The molecule has 1 N–H and O–H groups in total. The largest absolute Gasteiger partial charge is 0.478 e. The monoisotopic (exact) mass is 462 g/mol. The van der Waals surface area contributed by atoms with Crippen LogP contribution in [-0.2, 0) is 10.8 Å². The number of hydrogen-bond donors (Lipinski definition) is 1. The molecule has 35 heavy (non-hydrogen) atoms. The van der Waals surface area contributed by atoms with E-state index in [-0.39, 0.29) is 16.4 Å². The molecule has 0 aromatic heterocycles. The number of carboxylic acid groups (broad SMARTS) is 1. The first-order valence-corrected chi connectivity index (χ1v) is 12.0. The van der Waals surface area contributed by atoms with E-state index in [0.717, 1.165) is 46.7 Å². The van der Waals surface area contributed by atoms with Crippen LogP contribution < -0.4 is 4.90 Å². The topological polar surface area (TPSA) is 52.9 Å². The number of carbonyl (C=O) groups is 1. The fourth-order valence-electron chi connectivity index (χ4n) is 5.37. The van der Waals surface area contributed by atoms with E-state index in [1.807, 2.05) is 30.3 Å². The third-order valence-corrected chi connectivity index (χ3v) is 7.57. The second-order valence-corrected chi connectivity index (χ2v) is 10.8. The predicted molar refractivity (Wildman–Crippen MR) is 143 cm³/mol. The lowest BCUT2D eigenvalue weighted by Crippen LogP contribution is -2.35. The van der Waals surface area contributed by atoms with E-state index in [1.54, 1.807) is 12.1 Å². The van der Waals surface area contributed by atoms with Crippen LogP contribution in [0.5, 0.6) is 0 Å². The van der Waals surface area contributed by atoms with Crippen LogP contribution in [0.2, 0.25) is 0 Å². The standard InChI is InChI=1S/C31H30N2O2/c1-6-17-33-26-10-8-7-9-25(26)32-28(20-11-13-21(14-12-20)29(34)35)22-18-23-24(19-27(22)33)31(4,5)16-15-30(23,2)3/h1,7-14,18-19H,15-17H2,2-5H3,(H,34,35). The van der Waals surface area contributed by atoms with Gasteiger partial charge in [-0.3, -0.25) is 0 Å². The van der Waals surface area contributed by atoms with Crippen LogP contribution in [-0.4, -0.2) is 23.3 Å². The van der Waals surface area contributed by atoms with Gasteiger partial charge >= 0.3 is 5.97 Å². The van der Waals surface area contributed by atoms with Gasteiger partial charge in [0.2, 0.25) is 0 Å². The number of nitrogens with zero attached hydrogens (tertiary/aromatic N) is 2. The van der Waals surface area contributed by atoms with Gasteiger partial charge in [-0.15, -0.1) is 6.42 Å². The minimum absolute atomic E-state index is 0.0360. The zero-order valence-electron chi connectivity index (χ0n) is 20.7. The molecule has 1 aliphatic carbocycles. The van der Waals surface area contributed by atoms with Crippen molar-refractivity contribution >= 4 is 28.7 Å². The number of hydrogen-bond acceptors (Lipinski definition) is 3. The molecular weight excluding hydrogens is 432 g/mol. The molecule has 1 aliphatic heterocycles. The van der Waals surface area contributed by atoms with E-state index in [9.17, 15) is 9.90 Å². The maximum atomic E-state index is 11.5. The van der Waals surface area contributed by atoms with Crippen molar-refractivity contribution in [3.63, 3.8) is 0 Å². The predicted octanol–water partition coefficient (Wildman–Crippen LogP) is 6.99. The molecule has 0 atom stereocenters. The van der Waals surface area contributed by atoms with Gasteiger partial charge < -0.3 is 10.0 Å². The molecule has 0 radical (unpaired) electrons. The van der Waals surface area contributed by atoms with Gasteiger partial charge in [-0.1, -0.05) is 57.9 Å². The summed E-state index contributed by atoms with van der Waals surface area (Å²) in [5.41, 5.74) is 8.61. The highest BCUT2D eigenvalue weighted by molar-refractivity contribution is 6.19. The summed E-state index contributed by atoms with van der Waals surface area (Å²) in [4.78, 5) is 18.8. The molecule has 4 heteroatoms. The average molecular weight is 463 g/mol. The number of para-hydroxylation sites is 2. The Kier molecular flexibility index (Phi) is 5.33. The van der Waals surface area contributed by atoms with Crippen molar-refractivity contribution in [2.24, 2.45) is 4.99 Å². The minimum atomic E-state index is -0.941. The zero-order chi connectivity index (χ0) is 25.0. The van der Waals surface area contributed by atoms with Gasteiger partial charge in [0.25, 0.3) is 0 Å². The molecule has 0 spiro atoms. The summed E-state index contributed by atoms with van der Waals surface area (Å²) in [6, 6.07) is 19.7. The Morgan fingerprint density at radius 3 is 2.23 bits per heavy atom. The van der Waals surface area contributed by atoms with E-state index in [2.05, 4.69) is 56.7 Å². The Bertz CT molecular complexity index is 1400. The Balaban J connectivity index is 1.84. The Hall–Kier alpha value is -3.84. The van der Waals surface area contributed by atoms with Crippen molar-refractivity contribution in [2.75, 3.05) is 11.4 Å². The molecule has 4 nitrogen and oxygen atoms in total. The zero-order valence-corrected chi connectivity index (χ0v) is 20.7. The molecule has 0 saturated carbocycles. The summed E-state index contributed by atoms with van der Waals surface area (Å²) >= 11 is 0. The average Bonchev–Trinajstić information content (AvgIpc) is 2.97. The van der Waals surface area contributed by atoms with E-state index >= 15 is 0 Å². The highest BCUT2D eigenvalue weighted by Gasteiger charge is 2.39. The second-order valence-electron chi connectivity index (χ2n) is 10.8. The van der Waals surface area contributed by atoms with E-state index in [1.165, 1.54) is 11.1 Å². The Labute approximate surface area is 207 Å². The lowest BCUT2D eigenvalue weighted by atomic mass is 9.62. The van der Waals surface area contributed by atoms with Crippen LogP contribution in [0.15, 0.2) is 65.7 Å². The van der Waals surface area contributed by atoms with Crippen molar-refractivity contribution in [1.82, 2.24) is 0 Å². The first-order valence-electron chi connectivity index (χ1n) is 12.0. The van der Waals surface area contributed by atoms with Crippen LogP contribution in [0, 0.1) is 12.3 Å². The lowest BCUT2D eigenvalue weighted by Gasteiger charge is -2.43. The molecule has 1 heterocycles. The molecular formula is C31H30N2O2. The molecule has 3 aromatic carbocycles. The maximum absolute atomic E-state index is 11.5. The number of anilines is 2. The minimum Gasteiger partial charge on any atom is -0.478 e. The van der Waals surface area contributed by atoms with E-state index in [0.29, 0.717) is 6.54 Å². The first kappa shape index (κ1) is 22.9. The third kappa shape index (κ3) is 3.82. The molecule has 0 bridgehead atoms. The number of benzene rings is 3. The number of rotatable bonds is 3. The van der Waals surface area contributed by atoms with Gasteiger partial charge in [-0.2, -0.15) is 0 Å². The summed E-state index contributed by atoms with van der Waals surface area (Å²) in [7, 11) is 0. The van der Waals surface area contributed by atoms with Crippen molar-refractivity contribution in [2.45, 2.75) is 51.4 Å². The quantitative estimate of drug-likeness (QED) is 0.427.